The molecule has 22 heavy (non-hydrogen) atoms. The largest absolute Gasteiger partial charge is 0.383 e. The molecule has 1 aromatic rings. The molecular formula is C16H26N4O2. The third-order valence-electron chi connectivity index (χ3n) is 3.49. The monoisotopic (exact) mass is 306 g/mol. The smallest absolute Gasteiger partial charge is 0.225 e. The van der Waals surface area contributed by atoms with Crippen LogP contribution in [0.4, 0.5) is 11.5 Å². The Bertz CT molecular complexity index is 456. The van der Waals surface area contributed by atoms with E-state index in [9.17, 15) is 4.79 Å². The molecule has 1 amide bonds. The van der Waals surface area contributed by atoms with Crippen LogP contribution in [0.1, 0.15) is 20.3 Å². The van der Waals surface area contributed by atoms with Gasteiger partial charge >= 0.3 is 0 Å². The fraction of sp³-hybridized carbons (Fsp3) is 0.625. The molecule has 0 aliphatic carbocycles. The van der Waals surface area contributed by atoms with Gasteiger partial charge < -0.3 is 15.4 Å². The maximum Gasteiger partial charge on any atom is 0.225 e. The highest BCUT2D eigenvalue weighted by atomic mass is 16.5. The number of morpholine rings is 1. The molecule has 0 spiro atoms. The molecular weight excluding hydrogens is 280 g/mol. The Morgan fingerprint density at radius 3 is 2.77 bits per heavy atom. The topological polar surface area (TPSA) is 66.5 Å². The van der Waals surface area contributed by atoms with Gasteiger partial charge in [-0.15, -0.1) is 0 Å². The van der Waals surface area contributed by atoms with Crippen molar-refractivity contribution in [3.05, 3.63) is 18.3 Å². The summed E-state index contributed by atoms with van der Waals surface area (Å²) < 4.78 is 5.33. The summed E-state index contributed by atoms with van der Waals surface area (Å²) in [6.07, 6.45) is 2.27. The zero-order valence-corrected chi connectivity index (χ0v) is 13.5. The Morgan fingerprint density at radius 2 is 2.14 bits per heavy atom. The molecule has 1 saturated heterocycles. The molecule has 2 rings (SSSR count). The minimum atomic E-state index is 0.00975. The van der Waals surface area contributed by atoms with Gasteiger partial charge in [-0.3, -0.25) is 9.69 Å². The number of nitrogens with zero attached hydrogens (tertiary/aromatic N) is 2. The quantitative estimate of drug-likeness (QED) is 0.804. The lowest BCUT2D eigenvalue weighted by molar-refractivity contribution is -0.116. The predicted octanol–water partition coefficient (Wildman–Crippen LogP) is 1.81. The van der Waals surface area contributed by atoms with E-state index in [1.807, 2.05) is 26.0 Å². The van der Waals surface area contributed by atoms with Crippen LogP contribution in [-0.2, 0) is 9.53 Å². The summed E-state index contributed by atoms with van der Waals surface area (Å²) in [6, 6.07) is 3.77. The zero-order valence-electron chi connectivity index (χ0n) is 13.5. The molecule has 2 N–H and O–H groups in total. The van der Waals surface area contributed by atoms with Crippen molar-refractivity contribution in [3.63, 3.8) is 0 Å². The van der Waals surface area contributed by atoms with Crippen molar-refractivity contribution in [1.82, 2.24) is 9.88 Å². The lowest BCUT2D eigenvalue weighted by Gasteiger charge is -2.26. The van der Waals surface area contributed by atoms with E-state index in [-0.39, 0.29) is 5.91 Å². The van der Waals surface area contributed by atoms with Crippen molar-refractivity contribution in [3.8, 4) is 0 Å². The predicted molar refractivity (Wildman–Crippen MR) is 88.1 cm³/mol. The molecule has 1 aliphatic rings. The average molecular weight is 306 g/mol. The Hall–Kier alpha value is -1.66. The molecule has 0 unspecified atom stereocenters. The Morgan fingerprint density at radius 1 is 1.36 bits per heavy atom. The standard InChI is InChI=1S/C16H26N4O2/c1-13(2)11-16(21)19-15-4-3-14(12-18-15)17-5-6-20-7-9-22-10-8-20/h3-4,12-13,17H,5-11H2,1-2H3,(H,18,19,21). The molecule has 0 bridgehead atoms. The normalized spacial score (nSPS) is 15.8. The number of amides is 1. The Balaban J connectivity index is 1.70. The first kappa shape index (κ1) is 16.7. The number of aromatic nitrogens is 1. The van der Waals surface area contributed by atoms with Crippen LogP contribution in [0.5, 0.6) is 0 Å². The second kappa shape index (κ2) is 8.70. The molecule has 6 heteroatoms. The SMILES string of the molecule is CC(C)CC(=O)Nc1ccc(NCCN2CCOCC2)cn1. The average Bonchev–Trinajstić information content (AvgIpc) is 2.49. The molecule has 0 aromatic carbocycles. The minimum absolute atomic E-state index is 0.00975. The number of nitrogens with one attached hydrogen (secondary N) is 2. The van der Waals surface area contributed by atoms with E-state index in [4.69, 9.17) is 4.74 Å². The van der Waals surface area contributed by atoms with Crippen LogP contribution >= 0.6 is 0 Å². The summed E-state index contributed by atoms with van der Waals surface area (Å²) >= 11 is 0. The third-order valence-corrected chi connectivity index (χ3v) is 3.49. The van der Waals surface area contributed by atoms with E-state index < -0.39 is 0 Å². The first-order chi connectivity index (χ1) is 10.6. The van der Waals surface area contributed by atoms with Gasteiger partial charge in [0.2, 0.25) is 5.91 Å². The zero-order chi connectivity index (χ0) is 15.8. The Kier molecular flexibility index (Phi) is 6.61. The van der Waals surface area contributed by atoms with Crippen molar-refractivity contribution in [2.75, 3.05) is 50.0 Å². The van der Waals surface area contributed by atoms with Crippen LogP contribution in [0.25, 0.3) is 0 Å². The van der Waals surface area contributed by atoms with Crippen LogP contribution in [0.3, 0.4) is 0 Å². The third kappa shape index (κ3) is 5.99. The molecule has 122 valence electrons. The van der Waals surface area contributed by atoms with Crippen LogP contribution in [0, 0.1) is 5.92 Å². The number of carbonyl (C=O) groups excluding carboxylic acids is 1. The highest BCUT2D eigenvalue weighted by Gasteiger charge is 2.09. The number of hydrogen-bond donors (Lipinski definition) is 2. The van der Waals surface area contributed by atoms with Gasteiger partial charge in [0.1, 0.15) is 5.82 Å². The van der Waals surface area contributed by atoms with Gasteiger partial charge in [0.15, 0.2) is 0 Å². The van der Waals surface area contributed by atoms with Crippen LogP contribution in [0.15, 0.2) is 18.3 Å². The summed E-state index contributed by atoms with van der Waals surface area (Å²) in [5.74, 6) is 0.959. The fourth-order valence-corrected chi connectivity index (χ4v) is 2.32. The number of ether oxygens (including phenoxy) is 1. The second-order valence-corrected chi connectivity index (χ2v) is 5.96. The summed E-state index contributed by atoms with van der Waals surface area (Å²) in [5.41, 5.74) is 0.968. The lowest BCUT2D eigenvalue weighted by atomic mass is 10.1. The van der Waals surface area contributed by atoms with Crippen LogP contribution in [0.2, 0.25) is 0 Å². The minimum Gasteiger partial charge on any atom is -0.383 e. The highest BCUT2D eigenvalue weighted by molar-refractivity contribution is 5.89. The molecule has 6 nitrogen and oxygen atoms in total. The van der Waals surface area contributed by atoms with E-state index >= 15 is 0 Å². The number of anilines is 2. The molecule has 1 aliphatic heterocycles. The molecule has 2 heterocycles. The lowest BCUT2D eigenvalue weighted by Crippen LogP contribution is -2.39. The fourth-order valence-electron chi connectivity index (χ4n) is 2.32. The van der Waals surface area contributed by atoms with Crippen molar-refractivity contribution in [2.24, 2.45) is 5.92 Å². The summed E-state index contributed by atoms with van der Waals surface area (Å²) in [5, 5.41) is 6.16. The van der Waals surface area contributed by atoms with Crippen LogP contribution < -0.4 is 10.6 Å². The summed E-state index contributed by atoms with van der Waals surface area (Å²) in [7, 11) is 0. The number of pyridine rings is 1. The van der Waals surface area contributed by atoms with Crippen molar-refractivity contribution >= 4 is 17.4 Å². The first-order valence-corrected chi connectivity index (χ1v) is 7.93. The van der Waals surface area contributed by atoms with Crippen molar-refractivity contribution in [2.45, 2.75) is 20.3 Å². The van der Waals surface area contributed by atoms with Crippen molar-refractivity contribution < 1.29 is 9.53 Å². The number of rotatable bonds is 7. The van der Waals surface area contributed by atoms with Crippen molar-refractivity contribution in [1.29, 1.82) is 0 Å². The molecule has 1 fully saturated rings. The van der Waals surface area contributed by atoms with E-state index in [1.165, 1.54) is 0 Å². The van der Waals surface area contributed by atoms with Gasteiger partial charge in [0, 0.05) is 32.6 Å². The van der Waals surface area contributed by atoms with E-state index in [0.29, 0.717) is 18.2 Å². The van der Waals surface area contributed by atoms with E-state index in [0.717, 1.165) is 45.1 Å². The maximum atomic E-state index is 11.7. The van der Waals surface area contributed by atoms with E-state index in [1.54, 1.807) is 6.20 Å². The summed E-state index contributed by atoms with van der Waals surface area (Å²) in [6.45, 7) is 9.57. The molecule has 1 aromatic heterocycles. The second-order valence-electron chi connectivity index (χ2n) is 5.96. The molecule has 0 radical (unpaired) electrons. The van der Waals surface area contributed by atoms with Gasteiger partial charge in [-0.1, -0.05) is 13.8 Å². The molecule has 0 saturated carbocycles. The van der Waals surface area contributed by atoms with Gasteiger partial charge in [-0.2, -0.15) is 0 Å². The number of hydrogen-bond acceptors (Lipinski definition) is 5. The van der Waals surface area contributed by atoms with Crippen LogP contribution in [-0.4, -0.2) is 55.2 Å². The number of carbonyl (C=O) groups is 1. The first-order valence-electron chi connectivity index (χ1n) is 7.93. The molecule has 0 atom stereocenters. The van der Waals surface area contributed by atoms with Gasteiger partial charge in [0.05, 0.1) is 25.1 Å². The maximum absolute atomic E-state index is 11.7. The van der Waals surface area contributed by atoms with Gasteiger partial charge in [0.25, 0.3) is 0 Å². The van der Waals surface area contributed by atoms with E-state index in [2.05, 4.69) is 20.5 Å². The Labute approximate surface area is 132 Å². The van der Waals surface area contributed by atoms with Gasteiger partial charge in [-0.25, -0.2) is 4.98 Å². The highest BCUT2D eigenvalue weighted by Crippen LogP contribution is 2.11. The van der Waals surface area contributed by atoms with Gasteiger partial charge in [-0.05, 0) is 18.1 Å². The summed E-state index contributed by atoms with van der Waals surface area (Å²) in [4.78, 5) is 18.3.